The molecule has 0 saturated carbocycles. The van der Waals surface area contributed by atoms with Gasteiger partial charge in [-0.1, -0.05) is 11.6 Å². The third-order valence-corrected chi connectivity index (χ3v) is 5.29. The highest BCUT2D eigenvalue weighted by Crippen LogP contribution is 2.31. The smallest absolute Gasteiger partial charge is 0.282 e. The molecule has 3 aromatic heterocycles. The van der Waals surface area contributed by atoms with Gasteiger partial charge in [0.25, 0.3) is 6.43 Å². The maximum absolute atomic E-state index is 13.6. The van der Waals surface area contributed by atoms with Crippen LogP contribution in [0.2, 0.25) is 5.02 Å². The summed E-state index contributed by atoms with van der Waals surface area (Å²) in [5.41, 5.74) is 9.16. The molecule has 0 saturated heterocycles. The number of nitrogen functional groups attached to an aromatic ring is 1. The molecule has 3 N–H and O–H groups in total. The van der Waals surface area contributed by atoms with Gasteiger partial charge in [0.15, 0.2) is 5.82 Å². The summed E-state index contributed by atoms with van der Waals surface area (Å²) >= 11 is 6.01. The Hall–Kier alpha value is -3.97. The number of nitrogens with one attached hydrogen (secondary N) is 1. The van der Waals surface area contributed by atoms with Crippen LogP contribution < -0.4 is 5.73 Å². The zero-order valence-electron chi connectivity index (χ0n) is 17.0. The summed E-state index contributed by atoms with van der Waals surface area (Å²) in [6.07, 6.45) is -1.42. The molecular weight excluding hydrogens is 438 g/mol. The lowest BCUT2D eigenvalue weighted by Gasteiger charge is -2.05. The number of aromatic nitrogens is 6. The van der Waals surface area contributed by atoms with E-state index in [1.807, 2.05) is 6.92 Å². The second-order valence-electron chi connectivity index (χ2n) is 6.94. The monoisotopic (exact) mass is 454 g/mol. The fourth-order valence-electron chi connectivity index (χ4n) is 3.27. The van der Waals surface area contributed by atoms with Crippen molar-refractivity contribution in [2.75, 3.05) is 5.73 Å². The number of aromatic amines is 1. The van der Waals surface area contributed by atoms with Crippen molar-refractivity contribution in [2.24, 2.45) is 0 Å². The van der Waals surface area contributed by atoms with Crippen LogP contribution in [-0.4, -0.2) is 29.5 Å². The van der Waals surface area contributed by atoms with Gasteiger partial charge in [-0.05, 0) is 44.2 Å². The van der Waals surface area contributed by atoms with Crippen LogP contribution in [0.4, 0.5) is 14.6 Å². The molecule has 0 aliphatic carbocycles. The predicted molar refractivity (Wildman–Crippen MR) is 117 cm³/mol. The fraction of sp³-hybridized carbons (Fsp3) is 0.143. The second-order valence-corrected chi connectivity index (χ2v) is 7.32. The zero-order chi connectivity index (χ0) is 23.0. The number of nitriles is 1. The average Bonchev–Trinajstić information content (AvgIpc) is 3.25. The van der Waals surface area contributed by atoms with Crippen molar-refractivity contribution in [3.63, 3.8) is 0 Å². The molecule has 4 aromatic rings. The number of hydrogen-bond donors (Lipinski definition) is 2. The van der Waals surface area contributed by atoms with E-state index in [9.17, 15) is 8.78 Å². The quantitative estimate of drug-likeness (QED) is 0.465. The minimum Gasteiger partial charge on any atom is -0.385 e. The third kappa shape index (κ3) is 3.74. The highest BCUT2D eigenvalue weighted by molar-refractivity contribution is 6.31. The lowest BCUT2D eigenvalue weighted by Crippen LogP contribution is -2.05. The van der Waals surface area contributed by atoms with Crippen molar-refractivity contribution >= 4 is 28.5 Å². The zero-order valence-corrected chi connectivity index (χ0v) is 17.8. The van der Waals surface area contributed by atoms with Gasteiger partial charge >= 0.3 is 0 Å². The highest BCUT2D eigenvalue weighted by Gasteiger charge is 2.23. The third-order valence-electron chi connectivity index (χ3n) is 4.82. The fourth-order valence-corrected chi connectivity index (χ4v) is 3.47. The predicted octanol–water partition coefficient (Wildman–Crippen LogP) is 4.72. The lowest BCUT2D eigenvalue weighted by atomic mass is 10.2. The number of alkyl halides is 2. The number of rotatable bonds is 3. The lowest BCUT2D eigenvalue weighted by molar-refractivity contribution is 0.142. The van der Waals surface area contributed by atoms with E-state index in [1.165, 1.54) is 19.2 Å². The van der Waals surface area contributed by atoms with Crippen molar-refractivity contribution in [3.8, 4) is 17.6 Å². The van der Waals surface area contributed by atoms with Gasteiger partial charge in [-0.15, -0.1) is 0 Å². The molecule has 8 nitrogen and oxygen atoms in total. The summed E-state index contributed by atoms with van der Waals surface area (Å²) in [5, 5.41) is 17.5. The summed E-state index contributed by atoms with van der Waals surface area (Å²) in [6.45, 7) is 3.38. The van der Waals surface area contributed by atoms with Gasteiger partial charge < -0.3 is 10.7 Å². The Balaban J connectivity index is 1.89. The normalized spacial score (nSPS) is 11.0. The minimum absolute atomic E-state index is 0.0688. The van der Waals surface area contributed by atoms with Crippen molar-refractivity contribution in [1.82, 2.24) is 29.5 Å². The van der Waals surface area contributed by atoms with Crippen molar-refractivity contribution in [1.29, 1.82) is 5.26 Å². The summed E-state index contributed by atoms with van der Waals surface area (Å²) in [4.78, 5) is 7.32. The van der Waals surface area contributed by atoms with E-state index >= 15 is 0 Å². The van der Waals surface area contributed by atoms with Crippen LogP contribution in [0.1, 0.15) is 29.1 Å². The number of aryl methyl sites for hydroxylation is 2. The maximum atomic E-state index is 13.6. The van der Waals surface area contributed by atoms with Gasteiger partial charge in [-0.25, -0.2) is 23.1 Å². The van der Waals surface area contributed by atoms with Crippen molar-refractivity contribution < 1.29 is 8.78 Å². The molecule has 0 spiro atoms. The maximum Gasteiger partial charge on any atom is 0.282 e. The number of nitrogens with zero attached hydrogens (tertiary/aromatic N) is 6. The largest absolute Gasteiger partial charge is 0.385 e. The van der Waals surface area contributed by atoms with Gasteiger partial charge in [0.2, 0.25) is 0 Å². The number of anilines is 1. The number of hydrogen-bond acceptors (Lipinski definition) is 5. The number of H-pyrrole nitrogens is 1. The first-order valence-corrected chi connectivity index (χ1v) is 9.80. The van der Waals surface area contributed by atoms with Crippen LogP contribution in [0.5, 0.6) is 0 Å². The average molecular weight is 455 g/mol. The summed E-state index contributed by atoms with van der Waals surface area (Å²) in [7, 11) is 0. The van der Waals surface area contributed by atoms with Gasteiger partial charge in [-0.2, -0.15) is 15.5 Å². The molecule has 0 amide bonds. The topological polar surface area (TPSA) is 114 Å². The molecule has 11 heteroatoms. The summed E-state index contributed by atoms with van der Waals surface area (Å²) < 4.78 is 29.8. The second kappa shape index (κ2) is 8.28. The molecule has 3 heterocycles. The number of nitrogens with two attached hydrogens (primary N) is 1. The van der Waals surface area contributed by atoms with Crippen LogP contribution in [0.3, 0.4) is 0 Å². The van der Waals surface area contributed by atoms with E-state index in [-0.39, 0.29) is 22.4 Å². The van der Waals surface area contributed by atoms with Crippen molar-refractivity contribution in [2.45, 2.75) is 20.3 Å². The first-order valence-electron chi connectivity index (χ1n) is 9.42. The van der Waals surface area contributed by atoms with E-state index in [4.69, 9.17) is 22.6 Å². The highest BCUT2D eigenvalue weighted by atomic mass is 35.5. The molecule has 1 aromatic carbocycles. The molecular formula is C21H17ClF2N8. The number of halogens is 3. The Labute approximate surface area is 186 Å². The minimum atomic E-state index is -2.85. The molecule has 32 heavy (non-hydrogen) atoms. The molecule has 0 atom stereocenters. The molecule has 0 bridgehead atoms. The Morgan fingerprint density at radius 3 is 2.50 bits per heavy atom. The molecule has 4 rings (SSSR count). The Morgan fingerprint density at radius 2 is 1.84 bits per heavy atom. The molecule has 0 radical (unpaired) electrons. The van der Waals surface area contributed by atoms with Gasteiger partial charge in [0, 0.05) is 12.3 Å². The van der Waals surface area contributed by atoms with Crippen molar-refractivity contribution in [3.05, 3.63) is 70.3 Å². The van der Waals surface area contributed by atoms with Gasteiger partial charge in [0.1, 0.15) is 17.0 Å². The Morgan fingerprint density at radius 1 is 1.12 bits per heavy atom. The SMILES string of the molecule is Cc1nn(-c2cc(N)[nH]c3c(C)n(-c4ccc(C#N)cc4)nc3ccn2)c(C(F)F)c1Cl. The van der Waals surface area contributed by atoms with E-state index in [2.05, 4.69) is 26.2 Å². The summed E-state index contributed by atoms with van der Waals surface area (Å²) in [6, 6.07) is 12.1. The van der Waals surface area contributed by atoms with E-state index < -0.39 is 12.1 Å². The molecule has 0 aliphatic rings. The van der Waals surface area contributed by atoms with Gasteiger partial charge in [-0.3, -0.25) is 0 Å². The van der Waals surface area contributed by atoms with Crippen LogP contribution in [-0.2, 0) is 0 Å². The Kier molecular flexibility index (Phi) is 5.50. The van der Waals surface area contributed by atoms with Gasteiger partial charge in [0.05, 0.1) is 39.2 Å². The summed E-state index contributed by atoms with van der Waals surface area (Å²) in [5.74, 6) is 0.222. The first kappa shape index (κ1) is 21.3. The van der Waals surface area contributed by atoms with E-state index in [1.54, 1.807) is 35.0 Å². The Bertz CT molecular complexity index is 1410. The number of fused-ring (bicyclic) bond motifs is 1. The van der Waals surface area contributed by atoms with Crippen LogP contribution >= 0.6 is 11.6 Å². The van der Waals surface area contributed by atoms with Crippen LogP contribution in [0.15, 0.2) is 42.6 Å². The first-order chi connectivity index (χ1) is 15.3. The van der Waals surface area contributed by atoms with E-state index in [0.717, 1.165) is 16.1 Å². The molecule has 0 aliphatic heterocycles. The number of benzene rings is 1. The molecule has 0 unspecified atom stereocenters. The van der Waals surface area contributed by atoms with E-state index in [0.29, 0.717) is 16.6 Å². The molecule has 0 fully saturated rings. The standard InChI is InChI=1S/C21H17ClF2N8/c1-11-18(22)20(21(23)24)32(29-11)17-9-16(26)28-19-12(2)31(30-15(19)7-8-27-17)14-5-3-13(10-25)4-6-14/h3-9,21,28H,26H2,1-2H3. The van der Waals surface area contributed by atoms with Crippen LogP contribution in [0.25, 0.3) is 22.5 Å². The van der Waals surface area contributed by atoms with Crippen LogP contribution in [0, 0.1) is 25.2 Å². The molecule has 162 valence electrons.